The second kappa shape index (κ2) is 6.24. The van der Waals surface area contributed by atoms with E-state index in [-0.39, 0.29) is 22.8 Å². The molecule has 1 atom stereocenters. The van der Waals surface area contributed by atoms with Gasteiger partial charge in [-0.1, -0.05) is 6.07 Å². The minimum atomic E-state index is -0.717. The van der Waals surface area contributed by atoms with Crippen molar-refractivity contribution < 1.29 is 18.6 Å². The molecule has 1 aromatic heterocycles. The van der Waals surface area contributed by atoms with Gasteiger partial charge in [-0.15, -0.1) is 0 Å². The van der Waals surface area contributed by atoms with Gasteiger partial charge in [0.05, 0.1) is 25.7 Å². The quantitative estimate of drug-likeness (QED) is 0.912. The highest BCUT2D eigenvalue weighted by Gasteiger charge is 2.34. The van der Waals surface area contributed by atoms with Crippen LogP contribution in [0.4, 0.5) is 0 Å². The van der Waals surface area contributed by atoms with E-state index in [0.717, 1.165) is 0 Å². The Kier molecular flexibility index (Phi) is 4.11. The Bertz CT molecular complexity index is 968. The molecule has 1 aliphatic heterocycles. The summed E-state index contributed by atoms with van der Waals surface area (Å²) in [5, 5.41) is 9.54. The molecule has 1 aliphatic rings. The number of aryl methyl sites for hydroxylation is 1. The van der Waals surface area contributed by atoms with Crippen molar-refractivity contribution in [1.82, 2.24) is 0 Å². The average molecular weight is 340 g/mol. The number of hydrogen-bond acceptors (Lipinski definition) is 7. The molecule has 0 aliphatic carbocycles. The number of nitrogens with two attached hydrogens (primary N) is 1. The standard InChI is InChI=1S/C18H16N2O5/c1-9-6-14-16(18(21)24-9)15(11(8-19)17(20)25-14)10-4-5-12(22-2)13(7-10)23-3/h4-7,15H,20H2,1-3H3/t15-/m0/s1. The second-order valence-corrected chi connectivity index (χ2v) is 5.46. The van der Waals surface area contributed by atoms with Gasteiger partial charge >= 0.3 is 5.63 Å². The summed E-state index contributed by atoms with van der Waals surface area (Å²) in [4.78, 5) is 12.4. The normalized spacial score (nSPS) is 15.8. The molecule has 0 saturated carbocycles. The lowest BCUT2D eigenvalue weighted by Crippen LogP contribution is -2.26. The lowest BCUT2D eigenvalue weighted by Gasteiger charge is -2.25. The molecule has 0 unspecified atom stereocenters. The van der Waals surface area contributed by atoms with Gasteiger partial charge in [-0.05, 0) is 24.6 Å². The van der Waals surface area contributed by atoms with Gasteiger partial charge in [-0.25, -0.2) is 4.79 Å². The minimum Gasteiger partial charge on any atom is -0.493 e. The number of methoxy groups -OCH3 is 2. The molecule has 0 spiro atoms. The molecular weight excluding hydrogens is 324 g/mol. The summed E-state index contributed by atoms with van der Waals surface area (Å²) < 4.78 is 21.2. The van der Waals surface area contributed by atoms with Crippen LogP contribution < -0.4 is 25.6 Å². The smallest absolute Gasteiger partial charge is 0.343 e. The summed E-state index contributed by atoms with van der Waals surface area (Å²) in [5.41, 5.74) is 6.33. The lowest BCUT2D eigenvalue weighted by atomic mass is 9.84. The van der Waals surface area contributed by atoms with E-state index in [0.29, 0.717) is 22.8 Å². The Labute approximate surface area is 143 Å². The van der Waals surface area contributed by atoms with Gasteiger partial charge in [0.25, 0.3) is 0 Å². The van der Waals surface area contributed by atoms with Crippen LogP contribution in [-0.4, -0.2) is 14.2 Å². The van der Waals surface area contributed by atoms with E-state index in [4.69, 9.17) is 24.4 Å². The summed E-state index contributed by atoms with van der Waals surface area (Å²) in [5.74, 6) is 0.920. The monoisotopic (exact) mass is 340 g/mol. The van der Waals surface area contributed by atoms with Crippen molar-refractivity contribution in [1.29, 1.82) is 5.26 Å². The van der Waals surface area contributed by atoms with Crippen molar-refractivity contribution in [3.05, 3.63) is 63.0 Å². The maximum absolute atomic E-state index is 12.4. The van der Waals surface area contributed by atoms with Crippen LogP contribution >= 0.6 is 0 Å². The summed E-state index contributed by atoms with van der Waals surface area (Å²) in [6.07, 6.45) is 0. The maximum Gasteiger partial charge on any atom is 0.343 e. The number of fused-ring (bicyclic) bond motifs is 1. The first-order valence-electron chi connectivity index (χ1n) is 7.44. The van der Waals surface area contributed by atoms with E-state index in [1.807, 2.05) is 6.07 Å². The van der Waals surface area contributed by atoms with Crippen molar-refractivity contribution in [3.8, 4) is 23.3 Å². The largest absolute Gasteiger partial charge is 0.493 e. The molecule has 1 aromatic carbocycles. The fourth-order valence-electron chi connectivity index (χ4n) is 2.88. The summed E-state index contributed by atoms with van der Waals surface area (Å²) in [7, 11) is 3.03. The lowest BCUT2D eigenvalue weighted by molar-refractivity contribution is 0.353. The van der Waals surface area contributed by atoms with Crippen molar-refractivity contribution in [2.75, 3.05) is 14.2 Å². The minimum absolute atomic E-state index is 0.0419. The number of ether oxygens (including phenoxy) is 3. The van der Waals surface area contributed by atoms with Gasteiger partial charge < -0.3 is 24.4 Å². The summed E-state index contributed by atoms with van der Waals surface area (Å²) in [6.45, 7) is 1.64. The Morgan fingerprint density at radius 1 is 1.20 bits per heavy atom. The zero-order valence-corrected chi connectivity index (χ0v) is 14.0. The van der Waals surface area contributed by atoms with Crippen molar-refractivity contribution >= 4 is 0 Å². The molecule has 3 rings (SSSR count). The molecule has 7 nitrogen and oxygen atoms in total. The topological polar surface area (TPSA) is 108 Å². The van der Waals surface area contributed by atoms with E-state index in [9.17, 15) is 10.1 Å². The molecule has 0 saturated heterocycles. The van der Waals surface area contributed by atoms with Gasteiger partial charge in [0.1, 0.15) is 23.2 Å². The van der Waals surface area contributed by atoms with Gasteiger partial charge in [0, 0.05) is 6.07 Å². The highest BCUT2D eigenvalue weighted by atomic mass is 16.5. The molecule has 0 bridgehead atoms. The van der Waals surface area contributed by atoms with Crippen LogP contribution in [0.15, 0.2) is 44.9 Å². The molecular formula is C18H16N2O5. The van der Waals surface area contributed by atoms with Crippen molar-refractivity contribution in [3.63, 3.8) is 0 Å². The number of allylic oxidation sites excluding steroid dienone is 1. The molecule has 0 fully saturated rings. The first kappa shape index (κ1) is 16.5. The predicted molar refractivity (Wildman–Crippen MR) is 88.6 cm³/mol. The molecule has 25 heavy (non-hydrogen) atoms. The number of rotatable bonds is 3. The van der Waals surface area contributed by atoms with E-state index in [2.05, 4.69) is 0 Å². The Balaban J connectivity index is 2.28. The molecule has 7 heteroatoms. The Hall–Kier alpha value is -3.40. The van der Waals surface area contributed by atoms with Gasteiger partial charge in [-0.2, -0.15) is 5.26 Å². The number of benzene rings is 1. The number of nitrogens with zero attached hydrogens (tertiary/aromatic N) is 1. The maximum atomic E-state index is 12.4. The fraction of sp³-hybridized carbons (Fsp3) is 0.222. The molecule has 0 radical (unpaired) electrons. The van der Waals surface area contributed by atoms with E-state index in [1.54, 1.807) is 31.2 Å². The van der Waals surface area contributed by atoms with Crippen LogP contribution in [0.2, 0.25) is 0 Å². The zero-order valence-electron chi connectivity index (χ0n) is 14.0. The zero-order chi connectivity index (χ0) is 18.1. The van der Waals surface area contributed by atoms with Crippen LogP contribution in [-0.2, 0) is 0 Å². The van der Waals surface area contributed by atoms with Gasteiger partial charge in [-0.3, -0.25) is 0 Å². The van der Waals surface area contributed by atoms with E-state index in [1.165, 1.54) is 14.2 Å². The Morgan fingerprint density at radius 2 is 1.92 bits per heavy atom. The first-order valence-corrected chi connectivity index (χ1v) is 7.44. The van der Waals surface area contributed by atoms with Crippen LogP contribution in [0.3, 0.4) is 0 Å². The van der Waals surface area contributed by atoms with Crippen LogP contribution in [0, 0.1) is 18.3 Å². The van der Waals surface area contributed by atoms with Gasteiger partial charge in [0.15, 0.2) is 11.5 Å². The highest BCUT2D eigenvalue weighted by molar-refractivity contribution is 5.57. The van der Waals surface area contributed by atoms with Crippen molar-refractivity contribution in [2.24, 2.45) is 5.73 Å². The van der Waals surface area contributed by atoms with E-state index < -0.39 is 11.5 Å². The predicted octanol–water partition coefficient (Wildman–Crippen LogP) is 2.18. The number of hydrogen-bond donors (Lipinski definition) is 1. The van der Waals surface area contributed by atoms with Crippen LogP contribution in [0.5, 0.6) is 17.2 Å². The third-order valence-corrected chi connectivity index (χ3v) is 4.00. The molecule has 0 amide bonds. The second-order valence-electron chi connectivity index (χ2n) is 5.46. The average Bonchev–Trinajstić information content (AvgIpc) is 2.59. The number of nitriles is 1. The summed E-state index contributed by atoms with van der Waals surface area (Å²) >= 11 is 0. The van der Waals surface area contributed by atoms with Crippen molar-refractivity contribution in [2.45, 2.75) is 12.8 Å². The van der Waals surface area contributed by atoms with E-state index >= 15 is 0 Å². The highest BCUT2D eigenvalue weighted by Crippen LogP contribution is 2.42. The fourth-order valence-corrected chi connectivity index (χ4v) is 2.88. The SMILES string of the molecule is COc1ccc([C@H]2C(C#N)=C(N)Oc3cc(C)oc(=O)c32)cc1OC. The molecule has 2 aromatic rings. The third kappa shape index (κ3) is 2.68. The molecule has 2 heterocycles. The Morgan fingerprint density at radius 3 is 2.56 bits per heavy atom. The van der Waals surface area contributed by atoms with Gasteiger partial charge in [0.2, 0.25) is 5.88 Å². The van der Waals surface area contributed by atoms with Crippen LogP contribution in [0.1, 0.15) is 22.8 Å². The third-order valence-electron chi connectivity index (χ3n) is 4.00. The molecule has 2 N–H and O–H groups in total. The molecule has 128 valence electrons. The van der Waals surface area contributed by atoms with Crippen LogP contribution in [0.25, 0.3) is 0 Å². The first-order chi connectivity index (χ1) is 12.0. The summed E-state index contributed by atoms with van der Waals surface area (Å²) in [6, 6.07) is 8.74.